The first-order valence-corrected chi connectivity index (χ1v) is 13.0. The largest absolute Gasteiger partial charge is 0.489 e. The monoisotopic (exact) mass is 578 g/mol. The zero-order valence-electron chi connectivity index (χ0n) is 19.4. The van der Waals surface area contributed by atoms with Gasteiger partial charge in [0.05, 0.1) is 18.0 Å². The Morgan fingerprint density at radius 2 is 1.78 bits per heavy atom. The Labute approximate surface area is 224 Å². The minimum atomic E-state index is -0.502. The molecule has 2 amide bonds. The first-order chi connectivity index (χ1) is 17.9. The number of nitrogens with zero attached hydrogens (tertiary/aromatic N) is 2. The first-order valence-electron chi connectivity index (χ1n) is 11.4. The summed E-state index contributed by atoms with van der Waals surface area (Å²) in [5, 5.41) is 0.385. The predicted molar refractivity (Wildman–Crippen MR) is 145 cm³/mol. The van der Waals surface area contributed by atoms with Crippen molar-refractivity contribution in [1.82, 2.24) is 9.47 Å². The average molecular weight is 579 g/mol. The molecule has 1 aliphatic heterocycles. The third kappa shape index (κ3) is 5.38. The van der Waals surface area contributed by atoms with E-state index in [9.17, 15) is 18.8 Å². The number of hydrogen-bond acceptors (Lipinski definition) is 5. The number of ether oxygens (including phenoxy) is 1. The lowest BCUT2D eigenvalue weighted by Gasteiger charge is -2.11. The Balaban J connectivity index is 1.38. The number of carbonyl (C=O) groups is 3. The number of fused-ring (bicyclic) bond motifs is 1. The number of para-hydroxylation sites is 1. The molecule has 5 rings (SSSR count). The van der Waals surface area contributed by atoms with Gasteiger partial charge in [-0.25, -0.2) is 4.39 Å². The molecule has 0 spiro atoms. The van der Waals surface area contributed by atoms with Crippen molar-refractivity contribution in [2.24, 2.45) is 0 Å². The molecule has 0 unspecified atom stereocenters. The highest BCUT2D eigenvalue weighted by Crippen LogP contribution is 2.35. The minimum Gasteiger partial charge on any atom is -0.489 e. The molecule has 1 aliphatic rings. The third-order valence-electron chi connectivity index (χ3n) is 5.86. The summed E-state index contributed by atoms with van der Waals surface area (Å²) in [6, 6.07) is 20.6. The molecule has 1 aromatic heterocycles. The number of carbonyl (C=O) groups excluding carboxylic acids is 3. The summed E-state index contributed by atoms with van der Waals surface area (Å²) in [4.78, 5) is 39.4. The zero-order valence-corrected chi connectivity index (χ0v) is 21.8. The zero-order chi connectivity index (χ0) is 25.9. The number of rotatable bonds is 8. The van der Waals surface area contributed by atoms with Crippen LogP contribution in [0.1, 0.15) is 15.9 Å². The molecule has 0 aliphatic carbocycles. The molecule has 1 fully saturated rings. The summed E-state index contributed by atoms with van der Waals surface area (Å²) in [5.41, 5.74) is 2.07. The molecule has 0 atom stereocenters. The van der Waals surface area contributed by atoms with Crippen LogP contribution in [0.4, 0.5) is 9.18 Å². The molecule has 0 bridgehead atoms. The summed E-state index contributed by atoms with van der Waals surface area (Å²) in [6.45, 7) is 0.360. The molecule has 0 N–H and O–H groups in total. The van der Waals surface area contributed by atoms with Crippen molar-refractivity contribution in [1.29, 1.82) is 0 Å². The van der Waals surface area contributed by atoms with E-state index in [0.717, 1.165) is 37.6 Å². The Morgan fingerprint density at radius 3 is 2.57 bits per heavy atom. The van der Waals surface area contributed by atoms with Crippen LogP contribution >= 0.6 is 27.7 Å². The fourth-order valence-corrected chi connectivity index (χ4v) is 5.24. The van der Waals surface area contributed by atoms with Gasteiger partial charge in [0.15, 0.2) is 17.3 Å². The van der Waals surface area contributed by atoms with Crippen LogP contribution in [0.2, 0.25) is 0 Å². The Hall–Kier alpha value is -3.69. The molecule has 0 saturated carbocycles. The van der Waals surface area contributed by atoms with Gasteiger partial charge in [-0.2, -0.15) is 0 Å². The lowest BCUT2D eigenvalue weighted by molar-refractivity contribution is -0.122. The number of hydrogen-bond donors (Lipinski definition) is 0. The molecular formula is C28H20BrFN2O4S. The molecule has 3 aromatic carbocycles. The number of thioether (sulfide) groups is 1. The van der Waals surface area contributed by atoms with Crippen molar-refractivity contribution < 1.29 is 23.5 Å². The van der Waals surface area contributed by atoms with Crippen molar-refractivity contribution >= 4 is 61.6 Å². The molecule has 186 valence electrons. The molecular weight excluding hydrogens is 559 g/mol. The van der Waals surface area contributed by atoms with E-state index in [0.29, 0.717) is 12.1 Å². The Kier molecular flexibility index (Phi) is 7.25. The van der Waals surface area contributed by atoms with Crippen LogP contribution in [0.5, 0.6) is 5.75 Å². The highest BCUT2D eigenvalue weighted by Gasteiger charge is 2.36. The predicted octanol–water partition coefficient (Wildman–Crippen LogP) is 6.54. The summed E-state index contributed by atoms with van der Waals surface area (Å²) >= 11 is 4.30. The van der Waals surface area contributed by atoms with Crippen molar-refractivity contribution in [2.75, 3.05) is 13.2 Å². The maximum Gasteiger partial charge on any atom is 0.293 e. The van der Waals surface area contributed by atoms with E-state index >= 15 is 0 Å². The second-order valence-corrected chi connectivity index (χ2v) is 10.2. The van der Waals surface area contributed by atoms with E-state index in [1.807, 2.05) is 29.0 Å². The van der Waals surface area contributed by atoms with Gasteiger partial charge in [0.1, 0.15) is 6.61 Å². The molecule has 9 heteroatoms. The summed E-state index contributed by atoms with van der Waals surface area (Å²) in [5.74, 6) is -1.05. The highest BCUT2D eigenvalue weighted by atomic mass is 79.9. The summed E-state index contributed by atoms with van der Waals surface area (Å²) in [6.07, 6.45) is 3.53. The topological polar surface area (TPSA) is 68.6 Å². The smallest absolute Gasteiger partial charge is 0.293 e. The Morgan fingerprint density at radius 1 is 1.03 bits per heavy atom. The number of imide groups is 1. The number of Topliss-reactive ketones (excluding diaryl/α,β-unsaturated/α-hetero) is 1. The second kappa shape index (κ2) is 10.7. The normalized spacial score (nSPS) is 14.6. The minimum absolute atomic E-state index is 0.181. The summed E-state index contributed by atoms with van der Waals surface area (Å²) in [7, 11) is 0. The number of aromatic nitrogens is 1. The van der Waals surface area contributed by atoms with Gasteiger partial charge in [-0.15, -0.1) is 0 Å². The van der Waals surface area contributed by atoms with Gasteiger partial charge < -0.3 is 9.30 Å². The van der Waals surface area contributed by atoms with Crippen LogP contribution in [0, 0.1) is 5.82 Å². The van der Waals surface area contributed by atoms with Crippen LogP contribution < -0.4 is 4.74 Å². The summed E-state index contributed by atoms with van der Waals surface area (Å²) < 4.78 is 22.3. The number of amides is 2. The average Bonchev–Trinajstić information content (AvgIpc) is 3.36. The van der Waals surface area contributed by atoms with Crippen LogP contribution in [0.15, 0.2) is 88.4 Å². The number of ketones is 1. The molecule has 2 heterocycles. The van der Waals surface area contributed by atoms with Gasteiger partial charge in [0.2, 0.25) is 0 Å². The highest BCUT2D eigenvalue weighted by molar-refractivity contribution is 9.10. The van der Waals surface area contributed by atoms with Gasteiger partial charge in [0.25, 0.3) is 11.1 Å². The Bertz CT molecular complexity index is 1550. The van der Waals surface area contributed by atoms with Gasteiger partial charge >= 0.3 is 0 Å². The van der Waals surface area contributed by atoms with Crippen molar-refractivity contribution in [2.45, 2.75) is 6.54 Å². The number of benzene rings is 3. The van der Waals surface area contributed by atoms with Crippen LogP contribution in [-0.4, -0.2) is 39.5 Å². The van der Waals surface area contributed by atoms with Gasteiger partial charge in [0, 0.05) is 32.7 Å². The van der Waals surface area contributed by atoms with Crippen molar-refractivity contribution in [3.8, 4) is 5.75 Å². The van der Waals surface area contributed by atoms with E-state index in [1.54, 1.807) is 54.6 Å². The quantitative estimate of drug-likeness (QED) is 0.175. The van der Waals surface area contributed by atoms with Crippen LogP contribution in [0.25, 0.3) is 17.0 Å². The van der Waals surface area contributed by atoms with Gasteiger partial charge in [-0.05, 0) is 48.2 Å². The second-order valence-electron chi connectivity index (χ2n) is 8.28. The maximum absolute atomic E-state index is 13.9. The molecule has 1 saturated heterocycles. The SMILES string of the molecule is O=C(CN1C(=O)S/C(=C\c2cn(CCOc3ccccc3F)c3ccc(Br)cc23)C1=O)c1ccccc1. The molecule has 6 nitrogen and oxygen atoms in total. The lowest BCUT2D eigenvalue weighted by Crippen LogP contribution is -2.33. The maximum atomic E-state index is 13.9. The van der Waals surface area contributed by atoms with E-state index in [-0.39, 0.29) is 29.6 Å². The molecule has 4 aromatic rings. The fourth-order valence-electron chi connectivity index (χ4n) is 4.05. The van der Waals surface area contributed by atoms with Gasteiger partial charge in [-0.1, -0.05) is 58.4 Å². The van der Waals surface area contributed by atoms with Crippen LogP contribution in [0.3, 0.4) is 0 Å². The molecule has 37 heavy (non-hydrogen) atoms. The van der Waals surface area contributed by atoms with E-state index in [2.05, 4.69) is 15.9 Å². The molecule has 0 radical (unpaired) electrons. The van der Waals surface area contributed by atoms with Crippen molar-refractivity contribution in [3.05, 3.63) is 105 Å². The number of halogens is 2. The van der Waals surface area contributed by atoms with Gasteiger partial charge in [-0.3, -0.25) is 19.3 Å². The third-order valence-corrected chi connectivity index (χ3v) is 7.26. The lowest BCUT2D eigenvalue weighted by atomic mass is 10.1. The van der Waals surface area contributed by atoms with E-state index in [4.69, 9.17) is 4.74 Å². The van der Waals surface area contributed by atoms with Crippen molar-refractivity contribution in [3.63, 3.8) is 0 Å². The first kappa shape index (κ1) is 25.0. The standard InChI is InChI=1S/C28H20BrFN2O4S/c29-20-10-11-23-21(15-20)19(16-31(23)12-13-36-25-9-5-4-8-22(25)30)14-26-27(34)32(28(35)37-26)17-24(33)18-6-2-1-3-7-18/h1-11,14-16H,12-13,17H2/b26-14-. The van der Waals surface area contributed by atoms with Crippen LogP contribution in [-0.2, 0) is 11.3 Å². The fraction of sp³-hybridized carbons (Fsp3) is 0.107. The van der Waals surface area contributed by atoms with E-state index < -0.39 is 17.0 Å². The van der Waals surface area contributed by atoms with E-state index in [1.165, 1.54) is 6.07 Å².